The van der Waals surface area contributed by atoms with Crippen molar-refractivity contribution in [2.45, 2.75) is 47.1 Å². The lowest BCUT2D eigenvalue weighted by Gasteiger charge is -2.15. The molecule has 0 aliphatic rings. The van der Waals surface area contributed by atoms with Crippen molar-refractivity contribution in [3.8, 4) is 5.75 Å². The van der Waals surface area contributed by atoms with E-state index in [4.69, 9.17) is 9.47 Å². The molecule has 3 heteroatoms. The number of nitrogens with one attached hydrogen (secondary N) is 1. The maximum atomic E-state index is 5.94. The van der Waals surface area contributed by atoms with Gasteiger partial charge in [0.25, 0.3) is 0 Å². The van der Waals surface area contributed by atoms with Crippen LogP contribution in [0.3, 0.4) is 0 Å². The summed E-state index contributed by atoms with van der Waals surface area (Å²) in [5.74, 6) is 1.70. The Morgan fingerprint density at radius 1 is 1.14 bits per heavy atom. The molecule has 0 unspecified atom stereocenters. The lowest BCUT2D eigenvalue weighted by Crippen LogP contribution is -2.16. The summed E-state index contributed by atoms with van der Waals surface area (Å²) in [4.78, 5) is 0. The fourth-order valence-corrected chi connectivity index (χ4v) is 2.08. The Labute approximate surface area is 130 Å². The average molecular weight is 293 g/mol. The molecule has 1 rings (SSSR count). The summed E-state index contributed by atoms with van der Waals surface area (Å²) in [6.07, 6.45) is 2.25. The van der Waals surface area contributed by atoms with Crippen LogP contribution in [-0.4, -0.2) is 26.4 Å². The van der Waals surface area contributed by atoms with Crippen LogP contribution in [0.2, 0.25) is 0 Å². The molecule has 1 aromatic rings. The first-order valence-corrected chi connectivity index (χ1v) is 8.14. The SMILES string of the molecule is CCCNCc1cccc(C)c1OCCOCCC(C)C. The van der Waals surface area contributed by atoms with E-state index in [-0.39, 0.29) is 0 Å². The van der Waals surface area contributed by atoms with E-state index in [1.807, 2.05) is 0 Å². The van der Waals surface area contributed by atoms with Gasteiger partial charge in [0, 0.05) is 18.7 Å². The van der Waals surface area contributed by atoms with Gasteiger partial charge in [-0.1, -0.05) is 39.0 Å². The third-order valence-electron chi connectivity index (χ3n) is 3.35. The smallest absolute Gasteiger partial charge is 0.126 e. The Morgan fingerprint density at radius 2 is 1.95 bits per heavy atom. The van der Waals surface area contributed by atoms with E-state index in [0.29, 0.717) is 19.1 Å². The topological polar surface area (TPSA) is 30.5 Å². The van der Waals surface area contributed by atoms with E-state index >= 15 is 0 Å². The van der Waals surface area contributed by atoms with Crippen molar-refractivity contribution >= 4 is 0 Å². The molecule has 0 heterocycles. The van der Waals surface area contributed by atoms with Crippen molar-refractivity contribution in [1.29, 1.82) is 0 Å². The van der Waals surface area contributed by atoms with E-state index < -0.39 is 0 Å². The van der Waals surface area contributed by atoms with Crippen LogP contribution in [0.1, 0.15) is 44.7 Å². The Bertz CT molecular complexity index is 391. The Balaban J connectivity index is 2.38. The van der Waals surface area contributed by atoms with Crippen molar-refractivity contribution in [2.75, 3.05) is 26.4 Å². The van der Waals surface area contributed by atoms with Crippen molar-refractivity contribution in [1.82, 2.24) is 5.32 Å². The number of benzene rings is 1. The quantitative estimate of drug-likeness (QED) is 0.627. The number of hydrogen-bond donors (Lipinski definition) is 1. The van der Waals surface area contributed by atoms with Gasteiger partial charge in [-0.3, -0.25) is 0 Å². The fourth-order valence-electron chi connectivity index (χ4n) is 2.08. The van der Waals surface area contributed by atoms with Gasteiger partial charge in [0.05, 0.1) is 6.61 Å². The molecule has 3 nitrogen and oxygen atoms in total. The molecule has 0 aliphatic heterocycles. The molecule has 0 spiro atoms. The molecule has 0 atom stereocenters. The van der Waals surface area contributed by atoms with Crippen LogP contribution in [0.15, 0.2) is 18.2 Å². The van der Waals surface area contributed by atoms with E-state index in [2.05, 4.69) is 51.2 Å². The summed E-state index contributed by atoms with van der Waals surface area (Å²) in [7, 11) is 0. The molecule has 1 N–H and O–H groups in total. The molecule has 0 radical (unpaired) electrons. The highest BCUT2D eigenvalue weighted by molar-refractivity contribution is 5.40. The summed E-state index contributed by atoms with van der Waals surface area (Å²) >= 11 is 0. The maximum Gasteiger partial charge on any atom is 0.126 e. The molecule has 0 bridgehead atoms. The molecule has 0 fully saturated rings. The zero-order valence-electron chi connectivity index (χ0n) is 14.1. The van der Waals surface area contributed by atoms with Crippen molar-refractivity contribution in [2.24, 2.45) is 5.92 Å². The largest absolute Gasteiger partial charge is 0.491 e. The van der Waals surface area contributed by atoms with E-state index in [1.165, 1.54) is 11.1 Å². The highest BCUT2D eigenvalue weighted by atomic mass is 16.5. The second-order valence-corrected chi connectivity index (χ2v) is 5.88. The Morgan fingerprint density at radius 3 is 2.67 bits per heavy atom. The number of para-hydroxylation sites is 1. The molecular formula is C18H31NO2. The Hall–Kier alpha value is -1.06. The minimum atomic E-state index is 0.615. The molecular weight excluding hydrogens is 262 g/mol. The molecule has 1 aromatic carbocycles. The number of aryl methyl sites for hydroxylation is 1. The zero-order valence-corrected chi connectivity index (χ0v) is 14.1. The minimum Gasteiger partial charge on any atom is -0.491 e. The number of hydrogen-bond acceptors (Lipinski definition) is 3. The molecule has 0 aliphatic carbocycles. The standard InChI is InChI=1S/C18H31NO2/c1-5-10-19-14-17-8-6-7-16(4)18(17)21-13-12-20-11-9-15(2)3/h6-8,15,19H,5,9-14H2,1-4H3. The van der Waals surface area contributed by atoms with Gasteiger partial charge < -0.3 is 14.8 Å². The van der Waals surface area contributed by atoms with E-state index in [9.17, 15) is 0 Å². The second-order valence-electron chi connectivity index (χ2n) is 5.88. The van der Waals surface area contributed by atoms with Gasteiger partial charge in [0.2, 0.25) is 0 Å². The van der Waals surface area contributed by atoms with E-state index in [1.54, 1.807) is 0 Å². The number of rotatable bonds is 11. The molecule has 120 valence electrons. The Kier molecular flexibility index (Phi) is 9.11. The highest BCUT2D eigenvalue weighted by Crippen LogP contribution is 2.23. The van der Waals surface area contributed by atoms with Crippen LogP contribution >= 0.6 is 0 Å². The number of ether oxygens (including phenoxy) is 2. The van der Waals surface area contributed by atoms with Crippen molar-refractivity contribution in [3.63, 3.8) is 0 Å². The summed E-state index contributed by atoms with van der Waals surface area (Å²) in [5, 5.41) is 3.43. The summed E-state index contributed by atoms with van der Waals surface area (Å²) < 4.78 is 11.5. The molecule has 0 saturated heterocycles. The maximum absolute atomic E-state index is 5.94. The van der Waals surface area contributed by atoms with Gasteiger partial charge in [-0.2, -0.15) is 0 Å². The van der Waals surface area contributed by atoms with Crippen LogP contribution in [0, 0.1) is 12.8 Å². The highest BCUT2D eigenvalue weighted by Gasteiger charge is 2.06. The van der Waals surface area contributed by atoms with Crippen molar-refractivity contribution in [3.05, 3.63) is 29.3 Å². The van der Waals surface area contributed by atoms with Crippen LogP contribution in [0.25, 0.3) is 0 Å². The summed E-state index contributed by atoms with van der Waals surface area (Å²) in [5.41, 5.74) is 2.42. The van der Waals surface area contributed by atoms with Gasteiger partial charge in [0.1, 0.15) is 12.4 Å². The molecule has 0 saturated carbocycles. The lowest BCUT2D eigenvalue weighted by atomic mass is 10.1. The first kappa shape index (κ1) is 18.0. The zero-order chi connectivity index (χ0) is 15.5. The first-order chi connectivity index (χ1) is 10.1. The minimum absolute atomic E-state index is 0.615. The van der Waals surface area contributed by atoms with Gasteiger partial charge in [-0.25, -0.2) is 0 Å². The normalized spacial score (nSPS) is 11.1. The van der Waals surface area contributed by atoms with Gasteiger partial charge >= 0.3 is 0 Å². The second kappa shape index (κ2) is 10.6. The summed E-state index contributed by atoms with van der Waals surface area (Å²) in [6, 6.07) is 6.31. The first-order valence-electron chi connectivity index (χ1n) is 8.14. The third-order valence-corrected chi connectivity index (χ3v) is 3.35. The van der Waals surface area contributed by atoms with Gasteiger partial charge in [-0.05, 0) is 37.8 Å². The third kappa shape index (κ3) is 7.49. The average Bonchev–Trinajstić information content (AvgIpc) is 2.44. The monoisotopic (exact) mass is 293 g/mol. The van der Waals surface area contributed by atoms with Crippen molar-refractivity contribution < 1.29 is 9.47 Å². The van der Waals surface area contributed by atoms with E-state index in [0.717, 1.165) is 38.3 Å². The van der Waals surface area contributed by atoms with Gasteiger partial charge in [-0.15, -0.1) is 0 Å². The molecule has 0 aromatic heterocycles. The van der Waals surface area contributed by atoms with Crippen LogP contribution in [-0.2, 0) is 11.3 Å². The molecule has 0 amide bonds. The van der Waals surface area contributed by atoms with Crippen LogP contribution < -0.4 is 10.1 Å². The summed E-state index contributed by atoms with van der Waals surface area (Å²) in [6.45, 7) is 12.7. The fraction of sp³-hybridized carbons (Fsp3) is 0.667. The predicted molar refractivity (Wildman–Crippen MR) is 88.9 cm³/mol. The van der Waals surface area contributed by atoms with Crippen LogP contribution in [0.4, 0.5) is 0 Å². The predicted octanol–water partition coefficient (Wildman–Crippen LogP) is 3.94. The molecule has 21 heavy (non-hydrogen) atoms. The van der Waals surface area contributed by atoms with Crippen LogP contribution in [0.5, 0.6) is 5.75 Å². The van der Waals surface area contributed by atoms with Gasteiger partial charge in [0.15, 0.2) is 0 Å². The lowest BCUT2D eigenvalue weighted by molar-refractivity contribution is 0.0920.